The van der Waals surface area contributed by atoms with Crippen LogP contribution in [0.2, 0.25) is 0 Å². The first-order valence-corrected chi connectivity index (χ1v) is 6.48. The second-order valence-electron chi connectivity index (χ2n) is 3.90. The standard InChI is InChI=1S/C11H14N2O3S/c1-7-10(2-3-16-7)17-5-9-8(11(14)15)4-12-6-13-9/h4,6-7,10H,2-3,5H2,1H3,(H,14,15). The lowest BCUT2D eigenvalue weighted by molar-refractivity contribution is 0.0695. The monoisotopic (exact) mass is 254 g/mol. The molecule has 5 nitrogen and oxygen atoms in total. The van der Waals surface area contributed by atoms with Crippen LogP contribution in [0.4, 0.5) is 0 Å². The van der Waals surface area contributed by atoms with E-state index in [1.54, 1.807) is 11.8 Å². The first-order chi connectivity index (χ1) is 8.18. The molecule has 2 atom stereocenters. The number of thioether (sulfide) groups is 1. The molecule has 2 rings (SSSR count). The average molecular weight is 254 g/mol. The summed E-state index contributed by atoms with van der Waals surface area (Å²) in [4.78, 5) is 18.7. The lowest BCUT2D eigenvalue weighted by Gasteiger charge is -2.13. The van der Waals surface area contributed by atoms with Crippen LogP contribution in [0.25, 0.3) is 0 Å². The van der Waals surface area contributed by atoms with Crippen molar-refractivity contribution in [3.05, 3.63) is 23.8 Å². The highest BCUT2D eigenvalue weighted by atomic mass is 32.2. The van der Waals surface area contributed by atoms with Gasteiger partial charge in [-0.05, 0) is 13.3 Å². The van der Waals surface area contributed by atoms with Gasteiger partial charge in [-0.1, -0.05) is 0 Å². The number of rotatable bonds is 4. The van der Waals surface area contributed by atoms with Gasteiger partial charge in [0.2, 0.25) is 0 Å². The Labute approximate surface area is 104 Å². The molecule has 2 unspecified atom stereocenters. The van der Waals surface area contributed by atoms with Gasteiger partial charge in [0.25, 0.3) is 0 Å². The van der Waals surface area contributed by atoms with Gasteiger partial charge in [-0.15, -0.1) is 11.8 Å². The Kier molecular flexibility index (Phi) is 3.96. The maximum absolute atomic E-state index is 11.0. The largest absolute Gasteiger partial charge is 0.478 e. The fraction of sp³-hybridized carbons (Fsp3) is 0.545. The number of hydrogen-bond acceptors (Lipinski definition) is 5. The van der Waals surface area contributed by atoms with Crippen LogP contribution in [0.5, 0.6) is 0 Å². The van der Waals surface area contributed by atoms with Crippen LogP contribution < -0.4 is 0 Å². The summed E-state index contributed by atoms with van der Waals surface area (Å²) in [6.45, 7) is 2.83. The molecule has 0 aliphatic carbocycles. The molecule has 0 radical (unpaired) electrons. The van der Waals surface area contributed by atoms with Crippen LogP contribution in [-0.4, -0.2) is 39.0 Å². The van der Waals surface area contributed by atoms with E-state index in [2.05, 4.69) is 9.97 Å². The van der Waals surface area contributed by atoms with Gasteiger partial charge < -0.3 is 9.84 Å². The number of carboxylic acid groups (broad SMARTS) is 1. The molecule has 1 N–H and O–H groups in total. The minimum absolute atomic E-state index is 0.187. The zero-order chi connectivity index (χ0) is 12.3. The summed E-state index contributed by atoms with van der Waals surface area (Å²) in [5.74, 6) is -0.389. The Morgan fingerprint density at radius 1 is 1.71 bits per heavy atom. The van der Waals surface area contributed by atoms with Crippen molar-refractivity contribution in [1.29, 1.82) is 0 Å². The lowest BCUT2D eigenvalue weighted by Crippen LogP contribution is -2.14. The summed E-state index contributed by atoms with van der Waals surface area (Å²) in [5, 5.41) is 9.42. The molecule has 0 saturated carbocycles. The van der Waals surface area contributed by atoms with Crippen molar-refractivity contribution in [2.24, 2.45) is 0 Å². The lowest BCUT2D eigenvalue weighted by atomic mass is 10.2. The molecule has 1 aromatic rings. The van der Waals surface area contributed by atoms with Crippen molar-refractivity contribution in [1.82, 2.24) is 9.97 Å². The topological polar surface area (TPSA) is 72.3 Å². The number of carboxylic acids is 1. The van der Waals surface area contributed by atoms with Gasteiger partial charge in [0.15, 0.2) is 0 Å². The predicted molar refractivity (Wildman–Crippen MR) is 64.1 cm³/mol. The van der Waals surface area contributed by atoms with Gasteiger partial charge >= 0.3 is 5.97 Å². The first kappa shape index (κ1) is 12.3. The van der Waals surface area contributed by atoms with E-state index < -0.39 is 5.97 Å². The van der Waals surface area contributed by atoms with E-state index >= 15 is 0 Å². The molecule has 17 heavy (non-hydrogen) atoms. The molecule has 6 heteroatoms. The molecule has 1 fully saturated rings. The van der Waals surface area contributed by atoms with Gasteiger partial charge in [-0.3, -0.25) is 0 Å². The zero-order valence-corrected chi connectivity index (χ0v) is 10.3. The molecule has 0 bridgehead atoms. The van der Waals surface area contributed by atoms with Crippen molar-refractivity contribution in [3.8, 4) is 0 Å². The smallest absolute Gasteiger partial charge is 0.339 e. The number of carbonyl (C=O) groups is 1. The van der Waals surface area contributed by atoms with E-state index in [0.717, 1.165) is 13.0 Å². The maximum Gasteiger partial charge on any atom is 0.339 e. The number of hydrogen-bond donors (Lipinski definition) is 1. The molecule has 1 saturated heterocycles. The predicted octanol–water partition coefficient (Wildman–Crippen LogP) is 1.59. The molecular weight excluding hydrogens is 240 g/mol. The van der Waals surface area contributed by atoms with E-state index in [9.17, 15) is 4.79 Å². The summed E-state index contributed by atoms with van der Waals surface area (Å²) >= 11 is 1.70. The summed E-state index contributed by atoms with van der Waals surface area (Å²) in [5.41, 5.74) is 0.767. The first-order valence-electron chi connectivity index (χ1n) is 5.44. The van der Waals surface area contributed by atoms with Crippen molar-refractivity contribution < 1.29 is 14.6 Å². The van der Waals surface area contributed by atoms with E-state index in [1.165, 1.54) is 12.5 Å². The van der Waals surface area contributed by atoms with E-state index in [-0.39, 0.29) is 11.7 Å². The highest BCUT2D eigenvalue weighted by molar-refractivity contribution is 7.99. The molecule has 1 aliphatic rings. The number of ether oxygens (including phenoxy) is 1. The zero-order valence-electron chi connectivity index (χ0n) is 9.50. The Morgan fingerprint density at radius 2 is 2.53 bits per heavy atom. The third kappa shape index (κ3) is 2.95. The highest BCUT2D eigenvalue weighted by Crippen LogP contribution is 2.29. The summed E-state index contributed by atoms with van der Waals surface area (Å²) in [6, 6.07) is 0. The van der Waals surface area contributed by atoms with E-state index in [4.69, 9.17) is 9.84 Å². The van der Waals surface area contributed by atoms with Crippen molar-refractivity contribution in [2.45, 2.75) is 30.5 Å². The van der Waals surface area contributed by atoms with Crippen molar-refractivity contribution in [3.63, 3.8) is 0 Å². The SMILES string of the molecule is CC1OCCC1SCc1ncncc1C(=O)O. The minimum Gasteiger partial charge on any atom is -0.478 e. The van der Waals surface area contributed by atoms with Gasteiger partial charge in [-0.2, -0.15) is 0 Å². The van der Waals surface area contributed by atoms with Crippen LogP contribution >= 0.6 is 11.8 Å². The maximum atomic E-state index is 11.0. The molecule has 0 spiro atoms. The number of nitrogens with zero attached hydrogens (tertiary/aromatic N) is 2. The Hall–Kier alpha value is -1.14. The third-order valence-corrected chi connectivity index (χ3v) is 4.25. The summed E-state index contributed by atoms with van der Waals surface area (Å²) in [6.07, 6.45) is 3.98. The van der Waals surface area contributed by atoms with Crippen LogP contribution in [0.15, 0.2) is 12.5 Å². The molecule has 2 heterocycles. The average Bonchev–Trinajstić information content (AvgIpc) is 2.72. The molecule has 0 amide bonds. The van der Waals surface area contributed by atoms with Crippen molar-refractivity contribution >= 4 is 17.7 Å². The molecule has 1 aliphatic heterocycles. The second-order valence-corrected chi connectivity index (χ2v) is 5.13. The van der Waals surface area contributed by atoms with Gasteiger partial charge in [0, 0.05) is 23.8 Å². The summed E-state index contributed by atoms with van der Waals surface area (Å²) < 4.78 is 5.46. The number of aromatic carboxylic acids is 1. The van der Waals surface area contributed by atoms with Gasteiger partial charge in [-0.25, -0.2) is 14.8 Å². The van der Waals surface area contributed by atoms with Crippen LogP contribution in [0.1, 0.15) is 29.4 Å². The van der Waals surface area contributed by atoms with E-state index in [0.29, 0.717) is 16.7 Å². The third-order valence-electron chi connectivity index (χ3n) is 2.77. The highest BCUT2D eigenvalue weighted by Gasteiger charge is 2.25. The summed E-state index contributed by atoms with van der Waals surface area (Å²) in [7, 11) is 0. The molecular formula is C11H14N2O3S. The fourth-order valence-corrected chi connectivity index (χ4v) is 2.98. The Morgan fingerprint density at radius 3 is 3.18 bits per heavy atom. The fourth-order valence-electron chi connectivity index (χ4n) is 1.77. The van der Waals surface area contributed by atoms with Crippen LogP contribution in [0, 0.1) is 0 Å². The second kappa shape index (κ2) is 5.46. The van der Waals surface area contributed by atoms with Crippen LogP contribution in [-0.2, 0) is 10.5 Å². The number of aromatic nitrogens is 2. The van der Waals surface area contributed by atoms with Crippen molar-refractivity contribution in [2.75, 3.05) is 6.61 Å². The molecule has 0 aromatic carbocycles. The van der Waals surface area contributed by atoms with Gasteiger partial charge in [0.1, 0.15) is 11.9 Å². The normalized spacial score (nSPS) is 23.8. The minimum atomic E-state index is -0.975. The molecule has 92 valence electrons. The molecule has 1 aromatic heterocycles. The van der Waals surface area contributed by atoms with Gasteiger partial charge in [0.05, 0.1) is 11.8 Å². The Balaban J connectivity index is 2.01. The van der Waals surface area contributed by atoms with Crippen LogP contribution in [0.3, 0.4) is 0 Å². The van der Waals surface area contributed by atoms with E-state index in [1.807, 2.05) is 6.92 Å². The quantitative estimate of drug-likeness (QED) is 0.879. The Bertz CT molecular complexity index is 413.